The number of alkyl halides is 1. The second-order valence-corrected chi connectivity index (χ2v) is 3.39. The third-order valence-corrected chi connectivity index (χ3v) is 2.19. The Kier molecular flexibility index (Phi) is 2.68. The average molecular weight is 214 g/mol. The number of benzene rings is 1. The molecule has 14 heavy (non-hydrogen) atoms. The lowest BCUT2D eigenvalue weighted by atomic mass is 10.3. The molecule has 0 radical (unpaired) electrons. The molecular weight excluding hydrogens is 205 g/mol. The maximum absolute atomic E-state index is 12.8. The summed E-state index contributed by atoms with van der Waals surface area (Å²) < 4.78 is 18.2. The number of fused-ring (bicyclic) bond motifs is 1. The molecule has 2 nitrogen and oxygen atoms in total. The highest BCUT2D eigenvalue weighted by Crippen LogP contribution is 2.17. The zero-order chi connectivity index (χ0) is 9.97. The highest BCUT2D eigenvalue weighted by molar-refractivity contribution is 6.17. The van der Waals surface area contributed by atoms with E-state index >= 15 is 0 Å². The van der Waals surface area contributed by atoms with Crippen molar-refractivity contribution in [3.05, 3.63) is 29.9 Å². The molecule has 0 saturated carbocycles. The molecule has 0 amide bonds. The quantitative estimate of drug-likeness (QED) is 0.733. The number of aromatic nitrogens is 1. The Balaban J connectivity index is 2.32. The third kappa shape index (κ3) is 1.87. The van der Waals surface area contributed by atoms with E-state index in [0.29, 0.717) is 29.3 Å². The van der Waals surface area contributed by atoms with Crippen LogP contribution in [0.4, 0.5) is 4.39 Å². The first-order valence-electron chi connectivity index (χ1n) is 4.40. The van der Waals surface area contributed by atoms with Crippen LogP contribution >= 0.6 is 11.6 Å². The van der Waals surface area contributed by atoms with Crippen LogP contribution in [-0.2, 0) is 6.42 Å². The molecule has 4 heteroatoms. The molecule has 1 aromatic carbocycles. The maximum atomic E-state index is 12.8. The molecule has 2 aromatic rings. The second-order valence-electron chi connectivity index (χ2n) is 3.01. The van der Waals surface area contributed by atoms with Crippen molar-refractivity contribution < 1.29 is 8.81 Å². The van der Waals surface area contributed by atoms with Crippen molar-refractivity contribution in [2.45, 2.75) is 12.8 Å². The highest BCUT2D eigenvalue weighted by atomic mass is 35.5. The van der Waals surface area contributed by atoms with Gasteiger partial charge in [-0.15, -0.1) is 11.6 Å². The van der Waals surface area contributed by atoms with Gasteiger partial charge in [0.15, 0.2) is 11.5 Å². The number of oxazole rings is 1. The van der Waals surface area contributed by atoms with E-state index in [1.165, 1.54) is 12.1 Å². The van der Waals surface area contributed by atoms with Gasteiger partial charge in [-0.25, -0.2) is 9.37 Å². The summed E-state index contributed by atoms with van der Waals surface area (Å²) in [6.07, 6.45) is 1.51. The zero-order valence-corrected chi connectivity index (χ0v) is 8.22. The molecule has 0 spiro atoms. The monoisotopic (exact) mass is 213 g/mol. The van der Waals surface area contributed by atoms with Crippen LogP contribution in [0, 0.1) is 5.82 Å². The van der Waals surface area contributed by atoms with E-state index in [2.05, 4.69) is 4.98 Å². The Hall–Kier alpha value is -1.09. The van der Waals surface area contributed by atoms with Crippen molar-refractivity contribution in [3.63, 3.8) is 0 Å². The predicted molar refractivity (Wildman–Crippen MR) is 53.0 cm³/mol. The Bertz CT molecular complexity index is 441. The van der Waals surface area contributed by atoms with Crippen LogP contribution in [0.1, 0.15) is 12.3 Å². The maximum Gasteiger partial charge on any atom is 0.195 e. The standard InChI is InChI=1S/C10H9ClFNO/c11-5-1-2-10-13-8-6-7(12)3-4-9(8)14-10/h3-4,6H,1-2,5H2. The van der Waals surface area contributed by atoms with Crippen molar-refractivity contribution in [1.82, 2.24) is 4.98 Å². The Morgan fingerprint density at radius 2 is 2.29 bits per heavy atom. The zero-order valence-electron chi connectivity index (χ0n) is 7.46. The first-order valence-corrected chi connectivity index (χ1v) is 4.94. The summed E-state index contributed by atoms with van der Waals surface area (Å²) >= 11 is 5.55. The molecule has 0 saturated heterocycles. The minimum Gasteiger partial charge on any atom is -0.441 e. The Morgan fingerprint density at radius 3 is 3.07 bits per heavy atom. The first-order chi connectivity index (χ1) is 6.79. The van der Waals surface area contributed by atoms with Gasteiger partial charge < -0.3 is 4.42 Å². The molecule has 0 unspecified atom stereocenters. The summed E-state index contributed by atoms with van der Waals surface area (Å²) in [5.41, 5.74) is 1.19. The van der Waals surface area contributed by atoms with Crippen LogP contribution in [-0.4, -0.2) is 10.9 Å². The van der Waals surface area contributed by atoms with Gasteiger partial charge in [0.1, 0.15) is 11.3 Å². The number of hydrogen-bond acceptors (Lipinski definition) is 2. The fourth-order valence-electron chi connectivity index (χ4n) is 1.27. The summed E-state index contributed by atoms with van der Waals surface area (Å²) in [7, 11) is 0. The smallest absolute Gasteiger partial charge is 0.195 e. The van der Waals surface area contributed by atoms with Gasteiger partial charge in [-0.3, -0.25) is 0 Å². The molecule has 0 aliphatic heterocycles. The Labute approximate surface area is 85.7 Å². The van der Waals surface area contributed by atoms with Gasteiger partial charge in [0.25, 0.3) is 0 Å². The second kappa shape index (κ2) is 3.96. The predicted octanol–water partition coefficient (Wildman–Crippen LogP) is 3.14. The van der Waals surface area contributed by atoms with Crippen LogP contribution in [0.2, 0.25) is 0 Å². The van der Waals surface area contributed by atoms with E-state index in [1.54, 1.807) is 6.07 Å². The van der Waals surface area contributed by atoms with Crippen molar-refractivity contribution in [2.24, 2.45) is 0 Å². The first kappa shape index (κ1) is 9.46. The minimum atomic E-state index is -0.297. The summed E-state index contributed by atoms with van der Waals surface area (Å²) in [6.45, 7) is 0. The molecule has 0 atom stereocenters. The van der Waals surface area contributed by atoms with Crippen LogP contribution in [0.15, 0.2) is 22.6 Å². The molecule has 0 bridgehead atoms. The van der Waals surface area contributed by atoms with Gasteiger partial charge in [0.2, 0.25) is 0 Å². The topological polar surface area (TPSA) is 26.0 Å². The number of aryl methyl sites for hydroxylation is 1. The largest absolute Gasteiger partial charge is 0.441 e. The minimum absolute atomic E-state index is 0.297. The van der Waals surface area contributed by atoms with Crippen molar-refractivity contribution in [1.29, 1.82) is 0 Å². The van der Waals surface area contributed by atoms with E-state index in [4.69, 9.17) is 16.0 Å². The van der Waals surface area contributed by atoms with E-state index < -0.39 is 0 Å². The molecule has 74 valence electrons. The van der Waals surface area contributed by atoms with E-state index in [9.17, 15) is 4.39 Å². The SMILES string of the molecule is Fc1ccc2oc(CCCCl)nc2c1. The van der Waals surface area contributed by atoms with Crippen LogP contribution < -0.4 is 0 Å². The molecule has 0 aliphatic rings. The molecule has 1 aromatic heterocycles. The third-order valence-electron chi connectivity index (χ3n) is 1.92. The van der Waals surface area contributed by atoms with E-state index in [-0.39, 0.29) is 5.82 Å². The molecule has 2 rings (SSSR count). The van der Waals surface area contributed by atoms with Gasteiger partial charge in [-0.1, -0.05) is 0 Å². The molecule has 0 N–H and O–H groups in total. The number of nitrogens with zero attached hydrogens (tertiary/aromatic N) is 1. The lowest BCUT2D eigenvalue weighted by molar-refractivity contribution is 0.525. The summed E-state index contributed by atoms with van der Waals surface area (Å²) in [6, 6.07) is 4.31. The number of halogens is 2. The van der Waals surface area contributed by atoms with Gasteiger partial charge in [0.05, 0.1) is 0 Å². The fraction of sp³-hybridized carbons (Fsp3) is 0.300. The van der Waals surface area contributed by atoms with Crippen LogP contribution in [0.25, 0.3) is 11.1 Å². The molecule has 0 aliphatic carbocycles. The van der Waals surface area contributed by atoms with Crippen LogP contribution in [0.3, 0.4) is 0 Å². The Morgan fingerprint density at radius 1 is 1.43 bits per heavy atom. The number of rotatable bonds is 3. The molecule has 0 fully saturated rings. The van der Waals surface area contributed by atoms with Gasteiger partial charge in [-0.2, -0.15) is 0 Å². The van der Waals surface area contributed by atoms with Crippen molar-refractivity contribution in [3.8, 4) is 0 Å². The average Bonchev–Trinajstić information content (AvgIpc) is 2.56. The van der Waals surface area contributed by atoms with Crippen molar-refractivity contribution >= 4 is 22.7 Å². The highest BCUT2D eigenvalue weighted by Gasteiger charge is 2.05. The summed E-state index contributed by atoms with van der Waals surface area (Å²) in [5, 5.41) is 0. The van der Waals surface area contributed by atoms with Gasteiger partial charge in [-0.05, 0) is 18.6 Å². The van der Waals surface area contributed by atoms with E-state index in [1.807, 2.05) is 0 Å². The summed E-state index contributed by atoms with van der Waals surface area (Å²) in [4.78, 5) is 4.15. The summed E-state index contributed by atoms with van der Waals surface area (Å²) in [5.74, 6) is 0.897. The normalized spacial score (nSPS) is 11.0. The van der Waals surface area contributed by atoms with E-state index in [0.717, 1.165) is 6.42 Å². The molecule has 1 heterocycles. The van der Waals surface area contributed by atoms with Crippen LogP contribution in [0.5, 0.6) is 0 Å². The fourth-order valence-corrected chi connectivity index (χ4v) is 1.41. The van der Waals surface area contributed by atoms with Crippen molar-refractivity contribution in [2.75, 3.05) is 5.88 Å². The van der Waals surface area contributed by atoms with Gasteiger partial charge >= 0.3 is 0 Å². The molecular formula is C10H9ClFNO. The lowest BCUT2D eigenvalue weighted by Crippen LogP contribution is -1.84. The number of hydrogen-bond donors (Lipinski definition) is 0. The lowest BCUT2D eigenvalue weighted by Gasteiger charge is -1.88. The van der Waals surface area contributed by atoms with Gasteiger partial charge in [0, 0.05) is 18.4 Å².